The maximum atomic E-state index is 3.19. The molecule has 0 heterocycles. The van der Waals surface area contributed by atoms with Gasteiger partial charge in [-0.2, -0.15) is 18.2 Å². The Kier molecular flexibility index (Phi) is 13.1. The Balaban J connectivity index is 0.000000137. The smallest absolute Gasteiger partial charge is 0.121 e. The molecule has 0 aliphatic heterocycles. The molecule has 0 aliphatic rings. The summed E-state index contributed by atoms with van der Waals surface area (Å²) in [5.41, 5.74) is 3.95. The van der Waals surface area contributed by atoms with E-state index in [1.165, 1.54) is 48.6 Å². The number of benzene rings is 5. The van der Waals surface area contributed by atoms with Crippen molar-refractivity contribution in [2.75, 3.05) is 0 Å². The molecule has 0 unspecified atom stereocenters. The Morgan fingerprint density at radius 3 is 1.73 bits per heavy atom. The van der Waals surface area contributed by atoms with Gasteiger partial charge >= 0.3 is 41.3 Å². The summed E-state index contributed by atoms with van der Waals surface area (Å²) in [7, 11) is 0.777. The van der Waals surface area contributed by atoms with Crippen LogP contribution in [-0.4, -0.2) is 9.52 Å². The second-order valence-corrected chi connectivity index (χ2v) is 18.6. The molecule has 0 fully saturated rings. The monoisotopic (exact) mass is 708 g/mol. The molecule has 4 heteroatoms. The maximum Gasteiger partial charge on any atom is 0.121 e. The average molecular weight is 710 g/mol. The van der Waals surface area contributed by atoms with Gasteiger partial charge in [0.1, 0.15) is 9.52 Å². The van der Waals surface area contributed by atoms with Crippen LogP contribution in [0.1, 0.15) is 5.56 Å². The van der Waals surface area contributed by atoms with E-state index in [-0.39, 0.29) is 15.0 Å². The largest absolute Gasteiger partial charge is 0.168 e. The summed E-state index contributed by atoms with van der Waals surface area (Å²) in [5.74, 6) is 0. The van der Waals surface area contributed by atoms with Gasteiger partial charge in [0.2, 0.25) is 0 Å². The first-order valence-corrected chi connectivity index (χ1v) is 22.0. The molecule has 0 N–H and O–H groups in total. The fourth-order valence-electron chi connectivity index (χ4n) is 4.55. The minimum Gasteiger partial charge on any atom is -0.168 e. The molecule has 41 heavy (non-hydrogen) atoms. The Morgan fingerprint density at radius 1 is 0.585 bits per heavy atom. The number of hydrogen-bond acceptors (Lipinski definition) is 0. The summed E-state index contributed by atoms with van der Waals surface area (Å²) in [5, 5.41) is 8.14. The molecular formula is C37H30Br2SiTi-2. The first-order chi connectivity index (χ1) is 20.2. The van der Waals surface area contributed by atoms with Crippen molar-refractivity contribution in [3.63, 3.8) is 0 Å². The molecule has 0 aromatic heterocycles. The molecule has 0 aliphatic carbocycles. The van der Waals surface area contributed by atoms with Crippen molar-refractivity contribution in [1.82, 2.24) is 0 Å². The molecule has 0 saturated carbocycles. The SMILES string of the molecule is Cc1cc2ccccc2[cH-]1.[Br][Ti][Br].c1ccc(-c2cccc3[cH-]ccc23)cc1.c1ccc([Si]c2ccccc2)cc1. The topological polar surface area (TPSA) is 0 Å². The van der Waals surface area contributed by atoms with Crippen LogP contribution in [0.5, 0.6) is 0 Å². The zero-order valence-electron chi connectivity index (χ0n) is 22.8. The number of fused-ring (bicyclic) bond motifs is 2. The van der Waals surface area contributed by atoms with Gasteiger partial charge in [-0.25, -0.2) is 0 Å². The van der Waals surface area contributed by atoms with Crippen LogP contribution in [0, 0.1) is 6.92 Å². The van der Waals surface area contributed by atoms with E-state index in [0.717, 1.165) is 9.52 Å². The third-order valence-corrected chi connectivity index (χ3v) is 7.61. The first-order valence-electron chi connectivity index (χ1n) is 13.3. The van der Waals surface area contributed by atoms with Gasteiger partial charge in [-0.05, 0) is 5.56 Å². The first kappa shape index (κ1) is 31.2. The van der Waals surface area contributed by atoms with E-state index in [1.807, 2.05) is 0 Å². The zero-order valence-corrected chi connectivity index (χ0v) is 28.6. The van der Waals surface area contributed by atoms with Crippen molar-refractivity contribution < 1.29 is 15.0 Å². The van der Waals surface area contributed by atoms with Crippen LogP contribution in [0.2, 0.25) is 0 Å². The van der Waals surface area contributed by atoms with Crippen LogP contribution in [0.25, 0.3) is 32.7 Å². The predicted octanol–water partition coefficient (Wildman–Crippen LogP) is 10.1. The summed E-state index contributed by atoms with van der Waals surface area (Å²) in [6, 6.07) is 57.4. The van der Waals surface area contributed by atoms with Gasteiger partial charge in [0.05, 0.1) is 0 Å². The van der Waals surface area contributed by atoms with E-state index in [4.69, 9.17) is 0 Å². The van der Waals surface area contributed by atoms with Crippen molar-refractivity contribution in [3.05, 3.63) is 169 Å². The predicted molar refractivity (Wildman–Crippen MR) is 185 cm³/mol. The number of hydrogen-bond donors (Lipinski definition) is 0. The summed E-state index contributed by atoms with van der Waals surface area (Å²) >= 11 is 6.50. The van der Waals surface area contributed by atoms with Crippen LogP contribution in [0.15, 0.2) is 164 Å². The summed E-state index contributed by atoms with van der Waals surface area (Å²) in [4.78, 5) is 0. The molecule has 7 aromatic rings. The van der Waals surface area contributed by atoms with Crippen molar-refractivity contribution in [3.8, 4) is 11.1 Å². The third-order valence-electron chi connectivity index (χ3n) is 6.36. The van der Waals surface area contributed by atoms with Gasteiger partial charge in [-0.3, -0.25) is 0 Å². The normalized spacial score (nSPS) is 9.93. The summed E-state index contributed by atoms with van der Waals surface area (Å²) < 4.78 is 0. The van der Waals surface area contributed by atoms with Crippen molar-refractivity contribution >= 4 is 67.8 Å². The zero-order chi connectivity index (χ0) is 28.7. The van der Waals surface area contributed by atoms with Gasteiger partial charge in [-0.15, -0.1) is 69.6 Å². The Morgan fingerprint density at radius 2 is 1.12 bits per heavy atom. The Bertz CT molecular complexity index is 1640. The van der Waals surface area contributed by atoms with Crippen LogP contribution in [0.3, 0.4) is 0 Å². The fourth-order valence-corrected chi connectivity index (χ4v) is 5.60. The Labute approximate surface area is 268 Å². The molecule has 0 atom stereocenters. The van der Waals surface area contributed by atoms with Crippen molar-refractivity contribution in [2.24, 2.45) is 0 Å². The summed E-state index contributed by atoms with van der Waals surface area (Å²) in [6.45, 7) is 2.12. The average Bonchev–Trinajstić information content (AvgIpc) is 3.66. The van der Waals surface area contributed by atoms with Gasteiger partial charge < -0.3 is 0 Å². The molecule has 202 valence electrons. The van der Waals surface area contributed by atoms with Crippen LogP contribution >= 0.6 is 26.3 Å². The maximum absolute atomic E-state index is 3.19. The van der Waals surface area contributed by atoms with Crippen molar-refractivity contribution in [1.29, 1.82) is 0 Å². The second kappa shape index (κ2) is 17.2. The minimum absolute atomic E-state index is 0.125. The molecule has 7 rings (SSSR count). The van der Waals surface area contributed by atoms with E-state index in [2.05, 4.69) is 197 Å². The van der Waals surface area contributed by atoms with E-state index < -0.39 is 0 Å². The fraction of sp³-hybridized carbons (Fsp3) is 0.0270. The minimum atomic E-state index is 0.125. The molecule has 0 spiro atoms. The molecular weight excluding hydrogens is 680 g/mol. The van der Waals surface area contributed by atoms with Crippen LogP contribution < -0.4 is 10.4 Å². The van der Waals surface area contributed by atoms with E-state index >= 15 is 0 Å². The molecule has 7 aromatic carbocycles. The van der Waals surface area contributed by atoms with Gasteiger partial charge in [0.25, 0.3) is 0 Å². The van der Waals surface area contributed by atoms with Gasteiger partial charge in [0.15, 0.2) is 0 Å². The van der Waals surface area contributed by atoms with Crippen LogP contribution in [0.4, 0.5) is 0 Å². The molecule has 0 nitrogen and oxygen atoms in total. The molecule has 0 saturated heterocycles. The van der Waals surface area contributed by atoms with Crippen LogP contribution in [-0.2, 0) is 15.0 Å². The van der Waals surface area contributed by atoms with Gasteiger partial charge in [0, 0.05) is 0 Å². The third kappa shape index (κ3) is 9.92. The van der Waals surface area contributed by atoms with Crippen molar-refractivity contribution in [2.45, 2.75) is 6.92 Å². The van der Waals surface area contributed by atoms with E-state index in [9.17, 15) is 0 Å². The second-order valence-electron chi connectivity index (χ2n) is 9.29. The standard InChI is InChI=1S/C15H11.C12H10Si.C10H9.2BrH.Ti/c1-2-6-12(7-3-1)14-10-4-8-13-9-5-11-15(13)14;1-3-7-11(8-4-1)13-12-9-5-2-6-10-12;1-8-6-9-4-2-3-5-10(9)7-8;;;/h1-11H;1-10H;2-7H,1H3;2*1H;/q-1;;-1;;;+2/p-2. The quantitative estimate of drug-likeness (QED) is 0.127. The molecule has 0 bridgehead atoms. The Hall–Kier alpha value is -2.79. The number of halogens is 2. The summed E-state index contributed by atoms with van der Waals surface area (Å²) in [6.07, 6.45) is 0. The molecule has 0 amide bonds. The van der Waals surface area contributed by atoms with Gasteiger partial charge in [-0.1, -0.05) is 126 Å². The molecule has 2 radical (unpaired) electrons. The number of rotatable bonds is 3. The van der Waals surface area contributed by atoms with E-state index in [1.54, 1.807) is 0 Å². The number of aryl methyl sites for hydroxylation is 1. The van der Waals surface area contributed by atoms with E-state index in [0.29, 0.717) is 0 Å².